The van der Waals surface area contributed by atoms with Crippen LogP contribution in [0.3, 0.4) is 0 Å². The number of rotatable bonds is 6. The molecule has 0 radical (unpaired) electrons. The highest BCUT2D eigenvalue weighted by atomic mass is 79.9. The van der Waals surface area contributed by atoms with E-state index in [-0.39, 0.29) is 12.6 Å². The van der Waals surface area contributed by atoms with Crippen LogP contribution in [0, 0.1) is 6.92 Å². The molecule has 26 heavy (non-hydrogen) atoms. The molecule has 0 unspecified atom stereocenters. The SMILES string of the molecule is COc1ccc(C)cc1NC(=O)c1ccn(COc2ccc(Br)cc2)n1. The first-order valence-corrected chi connectivity index (χ1v) is 8.72. The van der Waals surface area contributed by atoms with Crippen LogP contribution in [0.4, 0.5) is 5.69 Å². The summed E-state index contributed by atoms with van der Waals surface area (Å²) in [4.78, 5) is 12.4. The highest BCUT2D eigenvalue weighted by molar-refractivity contribution is 9.10. The average Bonchev–Trinajstić information content (AvgIpc) is 3.11. The van der Waals surface area contributed by atoms with Crippen molar-refractivity contribution in [3.63, 3.8) is 0 Å². The van der Waals surface area contributed by atoms with Gasteiger partial charge in [-0.15, -0.1) is 0 Å². The van der Waals surface area contributed by atoms with Crippen molar-refractivity contribution < 1.29 is 14.3 Å². The Balaban J connectivity index is 1.64. The highest BCUT2D eigenvalue weighted by Gasteiger charge is 2.13. The molecule has 1 N–H and O–H groups in total. The molecular weight excluding hydrogens is 398 g/mol. The molecule has 0 aliphatic rings. The minimum Gasteiger partial charge on any atom is -0.495 e. The Bertz CT molecular complexity index is 907. The fourth-order valence-electron chi connectivity index (χ4n) is 2.33. The topological polar surface area (TPSA) is 65.4 Å². The zero-order chi connectivity index (χ0) is 18.5. The summed E-state index contributed by atoms with van der Waals surface area (Å²) < 4.78 is 13.5. The van der Waals surface area contributed by atoms with E-state index in [0.717, 1.165) is 15.8 Å². The number of hydrogen-bond acceptors (Lipinski definition) is 4. The van der Waals surface area contributed by atoms with Crippen LogP contribution < -0.4 is 14.8 Å². The smallest absolute Gasteiger partial charge is 0.276 e. The molecule has 1 aromatic heterocycles. The normalized spacial score (nSPS) is 10.4. The molecule has 134 valence electrons. The highest BCUT2D eigenvalue weighted by Crippen LogP contribution is 2.25. The first-order chi connectivity index (χ1) is 12.5. The molecule has 0 saturated carbocycles. The molecule has 1 heterocycles. The van der Waals surface area contributed by atoms with Gasteiger partial charge in [-0.1, -0.05) is 22.0 Å². The first-order valence-electron chi connectivity index (χ1n) is 7.93. The number of nitrogens with one attached hydrogen (secondary N) is 1. The predicted molar refractivity (Wildman–Crippen MR) is 103 cm³/mol. The molecule has 0 bridgehead atoms. The predicted octanol–water partition coefficient (Wildman–Crippen LogP) is 4.25. The van der Waals surface area contributed by atoms with Crippen molar-refractivity contribution in [1.29, 1.82) is 0 Å². The molecule has 0 spiro atoms. The van der Waals surface area contributed by atoms with Gasteiger partial charge in [-0.3, -0.25) is 4.79 Å². The third kappa shape index (κ3) is 4.43. The fraction of sp³-hybridized carbons (Fsp3) is 0.158. The van der Waals surface area contributed by atoms with E-state index in [1.807, 2.05) is 49.4 Å². The van der Waals surface area contributed by atoms with Crippen molar-refractivity contribution in [2.75, 3.05) is 12.4 Å². The first kappa shape index (κ1) is 18.0. The number of aryl methyl sites for hydroxylation is 1. The van der Waals surface area contributed by atoms with Gasteiger partial charge in [0.2, 0.25) is 0 Å². The number of hydrogen-bond donors (Lipinski definition) is 1. The molecule has 6 nitrogen and oxygen atoms in total. The van der Waals surface area contributed by atoms with Gasteiger partial charge >= 0.3 is 0 Å². The Morgan fingerprint density at radius 2 is 1.96 bits per heavy atom. The van der Waals surface area contributed by atoms with Crippen LogP contribution in [0.25, 0.3) is 0 Å². The minimum atomic E-state index is -0.309. The molecule has 0 fully saturated rings. The summed E-state index contributed by atoms with van der Waals surface area (Å²) >= 11 is 3.38. The van der Waals surface area contributed by atoms with Crippen molar-refractivity contribution in [3.05, 3.63) is 70.5 Å². The number of methoxy groups -OCH3 is 1. The number of carbonyl (C=O) groups is 1. The van der Waals surface area contributed by atoms with Crippen molar-refractivity contribution in [2.45, 2.75) is 13.7 Å². The molecule has 0 saturated heterocycles. The Morgan fingerprint density at radius 3 is 2.69 bits per heavy atom. The molecule has 1 amide bonds. The molecular formula is C19H18BrN3O3. The Kier molecular flexibility index (Phi) is 5.58. The fourth-order valence-corrected chi connectivity index (χ4v) is 2.60. The summed E-state index contributed by atoms with van der Waals surface area (Å²) in [5.74, 6) is 1.01. The molecule has 0 aliphatic carbocycles. The Labute approximate surface area is 159 Å². The quantitative estimate of drug-likeness (QED) is 0.653. The maximum absolute atomic E-state index is 12.4. The van der Waals surface area contributed by atoms with Gasteiger partial charge in [0.15, 0.2) is 12.4 Å². The lowest BCUT2D eigenvalue weighted by atomic mass is 10.2. The van der Waals surface area contributed by atoms with Crippen molar-refractivity contribution in [1.82, 2.24) is 9.78 Å². The second-order valence-corrected chi connectivity index (χ2v) is 6.54. The van der Waals surface area contributed by atoms with E-state index < -0.39 is 0 Å². The zero-order valence-electron chi connectivity index (χ0n) is 14.4. The van der Waals surface area contributed by atoms with Crippen LogP contribution in [-0.2, 0) is 6.73 Å². The van der Waals surface area contributed by atoms with Crippen molar-refractivity contribution in [2.24, 2.45) is 0 Å². The van der Waals surface area contributed by atoms with E-state index in [2.05, 4.69) is 26.3 Å². The Morgan fingerprint density at radius 1 is 1.19 bits per heavy atom. The van der Waals surface area contributed by atoms with E-state index in [0.29, 0.717) is 17.1 Å². The monoisotopic (exact) mass is 415 g/mol. The maximum atomic E-state index is 12.4. The van der Waals surface area contributed by atoms with Gasteiger partial charge in [0.25, 0.3) is 5.91 Å². The molecule has 3 rings (SSSR count). The summed E-state index contributed by atoms with van der Waals surface area (Å²) in [6.07, 6.45) is 1.70. The number of amides is 1. The van der Waals surface area contributed by atoms with Gasteiger partial charge in [-0.25, -0.2) is 4.68 Å². The molecule has 7 heteroatoms. The molecule has 2 aromatic carbocycles. The van der Waals surface area contributed by atoms with Crippen LogP contribution in [-0.4, -0.2) is 22.8 Å². The van der Waals surface area contributed by atoms with Crippen molar-refractivity contribution >= 4 is 27.5 Å². The molecule has 0 atom stereocenters. The average molecular weight is 416 g/mol. The van der Waals surface area contributed by atoms with Gasteiger partial charge in [0.1, 0.15) is 11.5 Å². The number of nitrogens with zero attached hydrogens (tertiary/aromatic N) is 2. The number of benzene rings is 2. The largest absolute Gasteiger partial charge is 0.495 e. The minimum absolute atomic E-state index is 0.211. The van der Waals surface area contributed by atoms with Crippen LogP contribution in [0.2, 0.25) is 0 Å². The summed E-state index contributed by atoms with van der Waals surface area (Å²) in [6.45, 7) is 2.16. The third-order valence-corrected chi connectivity index (χ3v) is 4.18. The van der Waals surface area contributed by atoms with Crippen LogP contribution in [0.1, 0.15) is 16.1 Å². The number of aromatic nitrogens is 2. The number of carbonyl (C=O) groups excluding carboxylic acids is 1. The molecule has 0 aliphatic heterocycles. The third-order valence-electron chi connectivity index (χ3n) is 3.65. The number of ether oxygens (including phenoxy) is 2. The van der Waals surface area contributed by atoms with E-state index in [4.69, 9.17) is 9.47 Å². The van der Waals surface area contributed by atoms with Gasteiger partial charge in [0.05, 0.1) is 12.8 Å². The van der Waals surface area contributed by atoms with Gasteiger partial charge in [-0.05, 0) is 55.0 Å². The van der Waals surface area contributed by atoms with Gasteiger partial charge in [-0.2, -0.15) is 5.10 Å². The number of anilines is 1. The summed E-state index contributed by atoms with van der Waals surface area (Å²) in [5, 5.41) is 7.07. The number of halogens is 1. The standard InChI is InChI=1S/C19H18BrN3O3/c1-13-3-8-18(25-2)17(11-13)21-19(24)16-9-10-23(22-16)12-26-15-6-4-14(20)5-7-15/h3-11H,12H2,1-2H3,(H,21,24). The second kappa shape index (κ2) is 8.05. The van der Waals surface area contributed by atoms with Gasteiger partial charge < -0.3 is 14.8 Å². The van der Waals surface area contributed by atoms with Crippen LogP contribution >= 0.6 is 15.9 Å². The van der Waals surface area contributed by atoms with Gasteiger partial charge in [0, 0.05) is 10.7 Å². The second-order valence-electron chi connectivity index (χ2n) is 5.63. The summed E-state index contributed by atoms with van der Waals surface area (Å²) in [7, 11) is 1.56. The lowest BCUT2D eigenvalue weighted by molar-refractivity contribution is 0.102. The summed E-state index contributed by atoms with van der Waals surface area (Å²) in [6, 6.07) is 14.7. The van der Waals surface area contributed by atoms with Crippen LogP contribution in [0.5, 0.6) is 11.5 Å². The molecule has 3 aromatic rings. The summed E-state index contributed by atoms with van der Waals surface area (Å²) in [5.41, 5.74) is 1.93. The van der Waals surface area contributed by atoms with Crippen molar-refractivity contribution in [3.8, 4) is 11.5 Å². The Hall–Kier alpha value is -2.80. The van der Waals surface area contributed by atoms with E-state index in [1.165, 1.54) is 0 Å². The van der Waals surface area contributed by atoms with E-state index in [9.17, 15) is 4.79 Å². The van der Waals surface area contributed by atoms with E-state index >= 15 is 0 Å². The lowest BCUT2D eigenvalue weighted by Gasteiger charge is -2.10. The zero-order valence-corrected chi connectivity index (χ0v) is 16.0. The van der Waals surface area contributed by atoms with E-state index in [1.54, 1.807) is 24.1 Å². The lowest BCUT2D eigenvalue weighted by Crippen LogP contribution is -2.15. The maximum Gasteiger partial charge on any atom is 0.276 e. The van der Waals surface area contributed by atoms with Crippen LogP contribution in [0.15, 0.2) is 59.2 Å².